The van der Waals surface area contributed by atoms with Crippen molar-refractivity contribution in [3.05, 3.63) is 17.1 Å². The zero-order chi connectivity index (χ0) is 16.2. The van der Waals surface area contributed by atoms with Crippen molar-refractivity contribution in [3.63, 3.8) is 0 Å². The molecule has 1 heterocycles. The van der Waals surface area contributed by atoms with Crippen LogP contribution in [0.3, 0.4) is 0 Å². The van der Waals surface area contributed by atoms with E-state index in [1.54, 1.807) is 0 Å². The second-order valence-electron chi connectivity index (χ2n) is 6.82. The predicted octanol–water partition coefficient (Wildman–Crippen LogP) is 4.46. The van der Waals surface area contributed by atoms with E-state index in [-0.39, 0.29) is 11.5 Å². The third-order valence-corrected chi connectivity index (χ3v) is 3.43. The Morgan fingerprint density at radius 3 is 2.19 bits per heavy atom. The normalized spacial score (nSPS) is 13.6. The summed E-state index contributed by atoms with van der Waals surface area (Å²) in [6.07, 6.45) is -0.0974. The van der Waals surface area contributed by atoms with Gasteiger partial charge in [-0.25, -0.2) is 9.97 Å². The van der Waals surface area contributed by atoms with Crippen molar-refractivity contribution in [3.8, 4) is 0 Å². The van der Waals surface area contributed by atoms with Gasteiger partial charge in [0, 0.05) is 24.4 Å². The van der Waals surface area contributed by atoms with Crippen LogP contribution in [0.1, 0.15) is 77.6 Å². The molecule has 0 saturated heterocycles. The van der Waals surface area contributed by atoms with E-state index in [1.807, 2.05) is 6.92 Å². The topological polar surface area (TPSA) is 47.0 Å². The smallest absolute Gasteiger partial charge is 0.160 e. The molecule has 0 saturated carbocycles. The quantitative estimate of drug-likeness (QED) is 0.841. The molecule has 0 aromatic carbocycles. The molecule has 0 amide bonds. The standard InChI is InChI=1S/C17H31N3O/c1-9-18-15-13(11(3)4)12(5)19-16(20-15)14(21-10-2)17(6,7)8/h11,14H,9-10H2,1-8H3,(H,18,19,20). The Balaban J connectivity index is 3.36. The van der Waals surface area contributed by atoms with Crippen molar-refractivity contribution in [1.29, 1.82) is 0 Å². The van der Waals surface area contributed by atoms with Crippen LogP contribution in [0.15, 0.2) is 0 Å². The maximum atomic E-state index is 5.93. The number of nitrogens with one attached hydrogen (secondary N) is 1. The first-order valence-corrected chi connectivity index (χ1v) is 7.96. The second kappa shape index (κ2) is 7.21. The fraction of sp³-hybridized carbons (Fsp3) is 0.765. The first-order chi connectivity index (χ1) is 9.72. The van der Waals surface area contributed by atoms with E-state index in [9.17, 15) is 0 Å². The molecule has 0 aliphatic rings. The fourth-order valence-electron chi connectivity index (χ4n) is 2.59. The van der Waals surface area contributed by atoms with Crippen LogP contribution in [0.4, 0.5) is 5.82 Å². The second-order valence-corrected chi connectivity index (χ2v) is 6.82. The van der Waals surface area contributed by atoms with Gasteiger partial charge in [0.25, 0.3) is 0 Å². The highest BCUT2D eigenvalue weighted by Gasteiger charge is 2.30. The van der Waals surface area contributed by atoms with Crippen LogP contribution in [0, 0.1) is 12.3 Å². The van der Waals surface area contributed by atoms with Gasteiger partial charge in [-0.3, -0.25) is 0 Å². The van der Waals surface area contributed by atoms with Gasteiger partial charge in [-0.05, 0) is 32.1 Å². The molecule has 4 heteroatoms. The number of rotatable bonds is 6. The Labute approximate surface area is 129 Å². The summed E-state index contributed by atoms with van der Waals surface area (Å²) in [5.74, 6) is 2.12. The minimum atomic E-state index is -0.0974. The zero-order valence-corrected chi connectivity index (χ0v) is 14.9. The lowest BCUT2D eigenvalue weighted by atomic mass is 9.88. The Morgan fingerprint density at radius 2 is 1.76 bits per heavy atom. The van der Waals surface area contributed by atoms with Gasteiger partial charge in [-0.15, -0.1) is 0 Å². The van der Waals surface area contributed by atoms with E-state index in [4.69, 9.17) is 14.7 Å². The summed E-state index contributed by atoms with van der Waals surface area (Å²) >= 11 is 0. The van der Waals surface area contributed by atoms with E-state index in [1.165, 1.54) is 5.56 Å². The summed E-state index contributed by atoms with van der Waals surface area (Å²) in [7, 11) is 0. The van der Waals surface area contributed by atoms with Crippen molar-refractivity contribution in [1.82, 2.24) is 9.97 Å². The summed E-state index contributed by atoms with van der Waals surface area (Å²) in [5, 5.41) is 3.38. The Bertz CT molecular complexity index is 464. The highest BCUT2D eigenvalue weighted by molar-refractivity contribution is 5.48. The van der Waals surface area contributed by atoms with E-state index in [2.05, 4.69) is 53.8 Å². The van der Waals surface area contributed by atoms with Crippen LogP contribution >= 0.6 is 0 Å². The number of ether oxygens (including phenoxy) is 1. The molecule has 4 nitrogen and oxygen atoms in total. The summed E-state index contributed by atoms with van der Waals surface area (Å²) in [6.45, 7) is 18.5. The van der Waals surface area contributed by atoms with Gasteiger partial charge in [0.2, 0.25) is 0 Å². The minimum absolute atomic E-state index is 0.0364. The molecule has 21 heavy (non-hydrogen) atoms. The van der Waals surface area contributed by atoms with Gasteiger partial charge in [0.15, 0.2) is 5.82 Å². The Kier molecular flexibility index (Phi) is 6.14. The molecule has 0 aliphatic heterocycles. The molecule has 1 aromatic heterocycles. The van der Waals surface area contributed by atoms with Crippen molar-refractivity contribution < 1.29 is 4.74 Å². The third kappa shape index (κ3) is 4.40. The van der Waals surface area contributed by atoms with Crippen LogP contribution in [0.2, 0.25) is 0 Å². The van der Waals surface area contributed by atoms with Gasteiger partial charge in [-0.2, -0.15) is 0 Å². The Hall–Kier alpha value is -1.16. The summed E-state index contributed by atoms with van der Waals surface area (Å²) in [6, 6.07) is 0. The van der Waals surface area contributed by atoms with Crippen LogP contribution in [0.5, 0.6) is 0 Å². The lowest BCUT2D eigenvalue weighted by Crippen LogP contribution is -2.25. The molecule has 0 spiro atoms. The molecule has 0 radical (unpaired) electrons. The van der Waals surface area contributed by atoms with E-state index >= 15 is 0 Å². The molecule has 120 valence electrons. The van der Waals surface area contributed by atoms with Crippen LogP contribution in [-0.4, -0.2) is 23.1 Å². The molecule has 0 bridgehead atoms. The zero-order valence-electron chi connectivity index (χ0n) is 14.9. The van der Waals surface area contributed by atoms with Crippen molar-refractivity contribution >= 4 is 5.82 Å². The average molecular weight is 293 g/mol. The van der Waals surface area contributed by atoms with Gasteiger partial charge < -0.3 is 10.1 Å². The van der Waals surface area contributed by atoms with Crippen molar-refractivity contribution in [2.24, 2.45) is 5.41 Å². The minimum Gasteiger partial charge on any atom is -0.370 e. The van der Waals surface area contributed by atoms with E-state index in [0.717, 1.165) is 23.9 Å². The molecule has 1 aromatic rings. The monoisotopic (exact) mass is 293 g/mol. The fourth-order valence-corrected chi connectivity index (χ4v) is 2.59. The van der Waals surface area contributed by atoms with Crippen LogP contribution in [0.25, 0.3) is 0 Å². The van der Waals surface area contributed by atoms with Gasteiger partial charge >= 0.3 is 0 Å². The number of hydrogen-bond acceptors (Lipinski definition) is 4. The lowest BCUT2D eigenvalue weighted by Gasteiger charge is -2.30. The number of nitrogens with zero attached hydrogens (tertiary/aromatic N) is 2. The maximum absolute atomic E-state index is 5.93. The SMILES string of the molecule is CCNc1nc(C(OCC)C(C)(C)C)nc(C)c1C(C)C. The third-order valence-electron chi connectivity index (χ3n) is 3.43. The van der Waals surface area contributed by atoms with Gasteiger partial charge in [-0.1, -0.05) is 34.6 Å². The summed E-state index contributed by atoms with van der Waals surface area (Å²) in [5.41, 5.74) is 2.20. The number of anilines is 1. The molecular weight excluding hydrogens is 262 g/mol. The molecule has 1 rings (SSSR count). The van der Waals surface area contributed by atoms with Gasteiger partial charge in [0.1, 0.15) is 11.9 Å². The number of hydrogen-bond donors (Lipinski definition) is 1. The summed E-state index contributed by atoms with van der Waals surface area (Å²) in [4.78, 5) is 9.53. The largest absolute Gasteiger partial charge is 0.370 e. The highest BCUT2D eigenvalue weighted by Crippen LogP contribution is 2.36. The predicted molar refractivity (Wildman–Crippen MR) is 88.8 cm³/mol. The highest BCUT2D eigenvalue weighted by atomic mass is 16.5. The maximum Gasteiger partial charge on any atom is 0.160 e. The number of aromatic nitrogens is 2. The van der Waals surface area contributed by atoms with E-state index < -0.39 is 0 Å². The van der Waals surface area contributed by atoms with Crippen LogP contribution in [-0.2, 0) is 4.74 Å². The molecule has 0 fully saturated rings. The molecule has 1 N–H and O–H groups in total. The average Bonchev–Trinajstić information content (AvgIpc) is 2.33. The molecule has 0 aliphatic carbocycles. The van der Waals surface area contributed by atoms with Crippen molar-refractivity contribution in [2.75, 3.05) is 18.5 Å². The first kappa shape index (κ1) is 17.9. The Morgan fingerprint density at radius 1 is 1.14 bits per heavy atom. The molecular formula is C17H31N3O. The van der Waals surface area contributed by atoms with E-state index in [0.29, 0.717) is 12.5 Å². The first-order valence-electron chi connectivity index (χ1n) is 7.96. The summed E-state index contributed by atoms with van der Waals surface area (Å²) < 4.78 is 5.93. The molecule has 1 unspecified atom stereocenters. The van der Waals surface area contributed by atoms with Crippen LogP contribution < -0.4 is 5.32 Å². The molecule has 1 atom stereocenters. The number of aryl methyl sites for hydroxylation is 1. The van der Waals surface area contributed by atoms with Crippen molar-refractivity contribution in [2.45, 2.75) is 67.4 Å². The lowest BCUT2D eigenvalue weighted by molar-refractivity contribution is -0.0191. The van der Waals surface area contributed by atoms with Gasteiger partial charge in [0.05, 0.1) is 0 Å².